The van der Waals surface area contributed by atoms with Crippen LogP contribution in [0.5, 0.6) is 0 Å². The van der Waals surface area contributed by atoms with Crippen LogP contribution in [0.25, 0.3) is 5.69 Å². The Hall–Kier alpha value is -3.56. The van der Waals surface area contributed by atoms with Crippen LogP contribution >= 0.6 is 23.5 Å². The van der Waals surface area contributed by atoms with Gasteiger partial charge in [0.1, 0.15) is 5.82 Å². The first-order valence-electron chi connectivity index (χ1n) is 11.4. The van der Waals surface area contributed by atoms with Gasteiger partial charge in [-0.3, -0.25) is 9.36 Å². The Morgan fingerprint density at radius 1 is 0.917 bits per heavy atom. The molecule has 1 amide bonds. The van der Waals surface area contributed by atoms with E-state index in [9.17, 15) is 9.59 Å². The second-order valence-electron chi connectivity index (χ2n) is 8.04. The minimum absolute atomic E-state index is 0.136. The molecule has 3 aromatic carbocycles. The van der Waals surface area contributed by atoms with Crippen molar-refractivity contribution in [2.75, 3.05) is 11.1 Å². The number of rotatable bonds is 10. The summed E-state index contributed by atoms with van der Waals surface area (Å²) in [5.41, 5.74) is 1.85. The first-order chi connectivity index (χ1) is 17.5. The molecule has 4 aromatic rings. The van der Waals surface area contributed by atoms with E-state index in [0.29, 0.717) is 22.2 Å². The Labute approximate surface area is 218 Å². The third-order valence-electron chi connectivity index (χ3n) is 4.88. The number of para-hydroxylation sites is 1. The molecule has 0 aliphatic heterocycles. The van der Waals surface area contributed by atoms with Crippen molar-refractivity contribution in [2.24, 2.45) is 0 Å². The number of nitrogens with zero attached hydrogens (tertiary/aromatic N) is 3. The fraction of sp³-hybridized carbons (Fsp3) is 0.185. The van der Waals surface area contributed by atoms with Crippen LogP contribution < -0.4 is 5.32 Å². The molecule has 36 heavy (non-hydrogen) atoms. The average Bonchev–Trinajstić information content (AvgIpc) is 3.30. The van der Waals surface area contributed by atoms with Crippen LogP contribution in [0, 0.1) is 0 Å². The van der Waals surface area contributed by atoms with Gasteiger partial charge >= 0.3 is 5.97 Å². The summed E-state index contributed by atoms with van der Waals surface area (Å²) >= 11 is 2.99. The predicted molar refractivity (Wildman–Crippen MR) is 144 cm³/mol. The first kappa shape index (κ1) is 25.5. The smallest absolute Gasteiger partial charge is 0.338 e. The number of anilines is 1. The third-order valence-corrected chi connectivity index (χ3v) is 6.82. The first-order valence-corrected chi connectivity index (χ1v) is 13.4. The fourth-order valence-electron chi connectivity index (χ4n) is 3.32. The van der Waals surface area contributed by atoms with Gasteiger partial charge < -0.3 is 10.1 Å². The Bertz CT molecular complexity index is 1310. The van der Waals surface area contributed by atoms with E-state index in [1.807, 2.05) is 53.1 Å². The lowest BCUT2D eigenvalue weighted by Crippen LogP contribution is -2.16. The molecule has 0 unspecified atom stereocenters. The molecule has 0 spiro atoms. The van der Waals surface area contributed by atoms with Crippen LogP contribution in [0.4, 0.5) is 5.69 Å². The molecule has 7 nitrogen and oxygen atoms in total. The minimum atomic E-state index is -0.424. The largest absolute Gasteiger partial charge is 0.459 e. The number of aromatic nitrogens is 3. The van der Waals surface area contributed by atoms with Gasteiger partial charge in [-0.15, -0.1) is 22.0 Å². The van der Waals surface area contributed by atoms with Crippen molar-refractivity contribution in [3.63, 3.8) is 0 Å². The predicted octanol–water partition coefficient (Wildman–Crippen LogP) is 5.86. The maximum Gasteiger partial charge on any atom is 0.338 e. The summed E-state index contributed by atoms with van der Waals surface area (Å²) in [6.45, 7) is 3.58. The molecule has 0 aliphatic rings. The molecule has 0 saturated heterocycles. The van der Waals surface area contributed by atoms with E-state index in [2.05, 4.69) is 27.6 Å². The summed E-state index contributed by atoms with van der Waals surface area (Å²) in [5, 5.41) is 12.3. The van der Waals surface area contributed by atoms with Crippen LogP contribution in [0.3, 0.4) is 0 Å². The summed E-state index contributed by atoms with van der Waals surface area (Å²) < 4.78 is 7.21. The molecule has 0 fully saturated rings. The zero-order chi connectivity index (χ0) is 25.3. The van der Waals surface area contributed by atoms with E-state index in [0.717, 1.165) is 16.4 Å². The number of carbonyl (C=O) groups excluding carboxylic acids is 2. The van der Waals surface area contributed by atoms with Crippen molar-refractivity contribution in [1.29, 1.82) is 0 Å². The van der Waals surface area contributed by atoms with Gasteiger partial charge in [-0.1, -0.05) is 54.2 Å². The molecule has 0 aliphatic carbocycles. The van der Waals surface area contributed by atoms with Crippen molar-refractivity contribution in [3.8, 4) is 5.69 Å². The average molecular weight is 519 g/mol. The van der Waals surface area contributed by atoms with Gasteiger partial charge in [-0.25, -0.2) is 4.79 Å². The number of amides is 1. The Morgan fingerprint density at radius 2 is 1.64 bits per heavy atom. The maximum absolute atomic E-state index is 12.7. The lowest BCUT2D eigenvalue weighted by atomic mass is 10.2. The summed E-state index contributed by atoms with van der Waals surface area (Å²) in [6.07, 6.45) is -0.218. The Balaban J connectivity index is 1.44. The molecule has 184 valence electrons. The van der Waals surface area contributed by atoms with Gasteiger partial charge in [-0.2, -0.15) is 0 Å². The molecule has 0 bridgehead atoms. The van der Waals surface area contributed by atoms with Crippen LogP contribution in [-0.4, -0.2) is 38.5 Å². The maximum atomic E-state index is 12.7. The second kappa shape index (κ2) is 12.4. The lowest BCUT2D eigenvalue weighted by molar-refractivity contribution is -0.113. The highest BCUT2D eigenvalue weighted by Crippen LogP contribution is 2.27. The summed E-state index contributed by atoms with van der Waals surface area (Å²) in [5.74, 6) is 0.939. The van der Waals surface area contributed by atoms with Crippen LogP contribution in [0.2, 0.25) is 0 Å². The molecule has 1 aromatic heterocycles. The Kier molecular flexibility index (Phi) is 8.80. The number of hydrogen-bond donors (Lipinski definition) is 1. The quantitative estimate of drug-likeness (QED) is 0.208. The number of carbonyl (C=O) groups is 2. The molecule has 9 heteroatoms. The number of nitrogens with one attached hydrogen (secondary N) is 1. The second-order valence-corrected chi connectivity index (χ2v) is 10.0. The zero-order valence-electron chi connectivity index (χ0n) is 20.0. The number of thioether (sulfide) groups is 2. The molecule has 0 atom stereocenters. The standard InChI is InChI=1S/C27H26N4O3S2/c1-19(2)34-26(33)20-10-9-11-21(16-20)28-25(32)18-36-27-30-29-24(17-35-23-14-7-4-8-15-23)31(27)22-12-5-3-6-13-22/h3-16,19H,17-18H2,1-2H3,(H,28,32). The number of esters is 1. The summed E-state index contributed by atoms with van der Waals surface area (Å²) in [7, 11) is 0. The van der Waals surface area contributed by atoms with Gasteiger partial charge in [0, 0.05) is 16.3 Å². The normalized spacial score (nSPS) is 10.9. The molecule has 0 saturated carbocycles. The highest BCUT2D eigenvalue weighted by atomic mass is 32.2. The number of ether oxygens (including phenoxy) is 1. The minimum Gasteiger partial charge on any atom is -0.459 e. The highest BCUT2D eigenvalue weighted by Gasteiger charge is 2.17. The van der Waals surface area contributed by atoms with Gasteiger partial charge in [0.05, 0.1) is 23.2 Å². The SMILES string of the molecule is CC(C)OC(=O)c1cccc(NC(=O)CSc2nnc(CSc3ccccc3)n2-c2ccccc2)c1. The van der Waals surface area contributed by atoms with Crippen molar-refractivity contribution in [3.05, 3.63) is 96.3 Å². The van der Waals surface area contributed by atoms with Crippen molar-refractivity contribution < 1.29 is 14.3 Å². The molecule has 1 N–H and O–H groups in total. The van der Waals surface area contributed by atoms with Crippen LogP contribution in [0.15, 0.2) is 95.0 Å². The summed E-state index contributed by atoms with van der Waals surface area (Å²) in [4.78, 5) is 26.0. The van der Waals surface area contributed by atoms with E-state index in [4.69, 9.17) is 4.74 Å². The molecular weight excluding hydrogens is 492 g/mol. The van der Waals surface area contributed by atoms with Gasteiger partial charge in [-0.05, 0) is 56.3 Å². The zero-order valence-corrected chi connectivity index (χ0v) is 21.6. The van der Waals surface area contributed by atoms with Crippen molar-refractivity contribution in [2.45, 2.75) is 35.8 Å². The van der Waals surface area contributed by atoms with Gasteiger partial charge in [0.2, 0.25) is 5.91 Å². The van der Waals surface area contributed by atoms with Crippen LogP contribution in [-0.2, 0) is 15.3 Å². The van der Waals surface area contributed by atoms with Gasteiger partial charge in [0.25, 0.3) is 0 Å². The Morgan fingerprint density at radius 3 is 2.36 bits per heavy atom. The lowest BCUT2D eigenvalue weighted by Gasteiger charge is -2.11. The molecule has 0 radical (unpaired) electrons. The topological polar surface area (TPSA) is 86.1 Å². The highest BCUT2D eigenvalue weighted by molar-refractivity contribution is 7.99. The van der Waals surface area contributed by atoms with Crippen molar-refractivity contribution >= 4 is 41.1 Å². The van der Waals surface area contributed by atoms with E-state index in [-0.39, 0.29) is 17.8 Å². The monoisotopic (exact) mass is 518 g/mol. The number of hydrogen-bond acceptors (Lipinski definition) is 7. The summed E-state index contributed by atoms with van der Waals surface area (Å²) in [6, 6.07) is 26.7. The van der Waals surface area contributed by atoms with Crippen molar-refractivity contribution in [1.82, 2.24) is 14.8 Å². The molecular formula is C27H26N4O3S2. The van der Waals surface area contributed by atoms with E-state index >= 15 is 0 Å². The van der Waals surface area contributed by atoms with Crippen LogP contribution in [0.1, 0.15) is 30.0 Å². The van der Waals surface area contributed by atoms with E-state index in [1.54, 1.807) is 49.9 Å². The van der Waals surface area contributed by atoms with E-state index < -0.39 is 5.97 Å². The van der Waals surface area contributed by atoms with E-state index in [1.165, 1.54) is 11.8 Å². The fourth-order valence-corrected chi connectivity index (χ4v) is 4.92. The third kappa shape index (κ3) is 6.99. The molecule has 4 rings (SSSR count). The number of benzene rings is 3. The van der Waals surface area contributed by atoms with Gasteiger partial charge in [0.15, 0.2) is 5.16 Å². The molecule has 1 heterocycles.